The van der Waals surface area contributed by atoms with Crippen molar-refractivity contribution in [3.05, 3.63) is 38.9 Å². The van der Waals surface area contributed by atoms with Gasteiger partial charge in [-0.2, -0.15) is 13.2 Å². The number of carbonyl (C=O) groups is 2. The number of rotatable bonds is 10. The Morgan fingerprint density at radius 1 is 1.06 bits per heavy atom. The number of aryl methyl sites for hydroxylation is 1. The van der Waals surface area contributed by atoms with E-state index in [1.165, 1.54) is 6.92 Å². The van der Waals surface area contributed by atoms with Gasteiger partial charge in [0.2, 0.25) is 12.9 Å². The number of halogens is 6. The van der Waals surface area contributed by atoms with Crippen LogP contribution in [0.25, 0.3) is 6.08 Å². The molecule has 2 rings (SSSR count). The molecule has 1 aromatic carbocycles. The molecule has 1 aromatic rings. The molecule has 1 heterocycles. The molecule has 36 heavy (non-hydrogen) atoms. The number of unbranched alkanes of at least 4 members (excludes halogenated alkanes) is 1. The Kier molecular flexibility index (Phi) is 9.18. The highest BCUT2D eigenvalue weighted by Crippen LogP contribution is 2.41. The third kappa shape index (κ3) is 8.70. The summed E-state index contributed by atoms with van der Waals surface area (Å²) in [6.07, 6.45) is -13.4. The van der Waals surface area contributed by atoms with Crippen molar-refractivity contribution in [1.82, 2.24) is 0 Å². The number of carbonyl (C=O) groups excluding carboxylic acids is 2. The molecule has 1 atom stereocenters. The molecule has 0 N–H and O–H groups in total. The molecule has 1 aliphatic heterocycles. The molecule has 0 aliphatic carbocycles. The fourth-order valence-electron chi connectivity index (χ4n) is 2.82. The van der Waals surface area contributed by atoms with Crippen molar-refractivity contribution in [2.24, 2.45) is 0 Å². The summed E-state index contributed by atoms with van der Waals surface area (Å²) < 4.78 is 100. The number of fused-ring (bicyclic) bond motifs is 1. The highest BCUT2D eigenvalue weighted by Gasteiger charge is 2.49. The van der Waals surface area contributed by atoms with E-state index in [1.54, 1.807) is 0 Å². The van der Waals surface area contributed by atoms with E-state index in [-0.39, 0.29) is 37.2 Å². The molecule has 0 spiro atoms. The zero-order valence-corrected chi connectivity index (χ0v) is 18.1. The van der Waals surface area contributed by atoms with Crippen LogP contribution in [0.3, 0.4) is 0 Å². The van der Waals surface area contributed by atoms with E-state index in [0.29, 0.717) is 6.08 Å². The molecule has 0 saturated carbocycles. The van der Waals surface area contributed by atoms with E-state index in [0.717, 1.165) is 12.1 Å². The van der Waals surface area contributed by atoms with Gasteiger partial charge in [-0.25, -0.2) is 9.59 Å². The second-order valence-electron chi connectivity index (χ2n) is 6.90. The van der Waals surface area contributed by atoms with Crippen molar-refractivity contribution in [3.63, 3.8) is 0 Å². The van der Waals surface area contributed by atoms with Crippen LogP contribution in [0.2, 0.25) is 0 Å². The highest BCUT2D eigenvalue weighted by atomic mass is 19.4. The summed E-state index contributed by atoms with van der Waals surface area (Å²) in [6.45, 7) is -0.469. The third-order valence-corrected chi connectivity index (χ3v) is 4.19. The van der Waals surface area contributed by atoms with E-state index >= 15 is 0 Å². The SMILES string of the molecule is Cc1cc(OC(F)(F)F)cc2c1OC(C(F)(F)F)C(C(=O)OCOC(=O)OCCCCO[N+](=O)[O-])=C2. The van der Waals surface area contributed by atoms with E-state index in [2.05, 4.69) is 23.8 Å². The minimum atomic E-state index is -5.12. The van der Waals surface area contributed by atoms with Crippen molar-refractivity contribution in [1.29, 1.82) is 0 Å². The van der Waals surface area contributed by atoms with Gasteiger partial charge < -0.3 is 28.5 Å². The van der Waals surface area contributed by atoms with Gasteiger partial charge in [-0.3, -0.25) is 0 Å². The molecule has 0 bridgehead atoms. The van der Waals surface area contributed by atoms with Crippen LogP contribution in [0, 0.1) is 17.0 Å². The van der Waals surface area contributed by atoms with E-state index < -0.39 is 59.7 Å². The van der Waals surface area contributed by atoms with Gasteiger partial charge in [-0.15, -0.1) is 23.3 Å². The monoisotopic (exact) mass is 533 g/mol. The van der Waals surface area contributed by atoms with Crippen LogP contribution in [0.15, 0.2) is 17.7 Å². The smallest absolute Gasteiger partial charge is 0.475 e. The highest BCUT2D eigenvalue weighted by molar-refractivity contribution is 5.96. The molecular weight excluding hydrogens is 516 g/mol. The number of benzene rings is 1. The maximum absolute atomic E-state index is 13.5. The van der Waals surface area contributed by atoms with Crippen molar-refractivity contribution < 1.29 is 69.5 Å². The summed E-state index contributed by atoms with van der Waals surface area (Å²) in [5.74, 6) is -2.81. The van der Waals surface area contributed by atoms with Gasteiger partial charge in [-0.1, -0.05) is 0 Å². The van der Waals surface area contributed by atoms with Crippen LogP contribution in [0.4, 0.5) is 31.1 Å². The van der Waals surface area contributed by atoms with Gasteiger partial charge in [0, 0.05) is 5.56 Å². The van der Waals surface area contributed by atoms with Crippen molar-refractivity contribution in [3.8, 4) is 11.5 Å². The normalized spacial score (nSPS) is 15.1. The minimum Gasteiger partial charge on any atom is -0.475 e. The lowest BCUT2D eigenvalue weighted by molar-refractivity contribution is -0.757. The van der Waals surface area contributed by atoms with Gasteiger partial charge >= 0.3 is 24.7 Å². The lowest BCUT2D eigenvalue weighted by Crippen LogP contribution is -2.41. The Balaban J connectivity index is 2.02. The topological polar surface area (TPSA) is 133 Å². The summed E-state index contributed by atoms with van der Waals surface area (Å²) in [4.78, 5) is 37.7. The second kappa shape index (κ2) is 11.7. The average molecular weight is 533 g/mol. The first-order chi connectivity index (χ1) is 16.7. The van der Waals surface area contributed by atoms with Gasteiger partial charge in [0.1, 0.15) is 11.5 Å². The number of nitrogens with zero attached hydrogens (tertiary/aromatic N) is 1. The molecule has 11 nitrogen and oxygen atoms in total. The molecule has 0 fully saturated rings. The predicted octanol–water partition coefficient (Wildman–Crippen LogP) is 4.24. The van der Waals surface area contributed by atoms with Gasteiger partial charge in [0.25, 0.3) is 5.09 Å². The van der Waals surface area contributed by atoms with Gasteiger partial charge in [0.15, 0.2) is 0 Å². The number of hydrogen-bond donors (Lipinski definition) is 0. The number of alkyl halides is 6. The molecule has 1 aliphatic rings. The first-order valence-electron chi connectivity index (χ1n) is 9.76. The summed E-state index contributed by atoms with van der Waals surface area (Å²) in [7, 11) is 0. The number of hydrogen-bond acceptors (Lipinski definition) is 10. The van der Waals surface area contributed by atoms with Crippen LogP contribution >= 0.6 is 0 Å². The first-order valence-corrected chi connectivity index (χ1v) is 9.76. The maximum atomic E-state index is 13.5. The van der Waals surface area contributed by atoms with Crippen LogP contribution in [-0.4, -0.2) is 55.9 Å². The zero-order valence-electron chi connectivity index (χ0n) is 18.1. The Hall–Kier alpha value is -3.92. The molecule has 0 radical (unpaired) electrons. The number of esters is 1. The molecule has 0 aromatic heterocycles. The summed E-state index contributed by atoms with van der Waals surface area (Å²) >= 11 is 0. The van der Waals surface area contributed by atoms with Crippen LogP contribution in [-0.2, 0) is 23.8 Å². The zero-order chi connectivity index (χ0) is 27.1. The van der Waals surface area contributed by atoms with E-state index in [9.17, 15) is 46.0 Å². The molecule has 0 saturated heterocycles. The minimum absolute atomic E-state index is 0.124. The van der Waals surface area contributed by atoms with E-state index in [4.69, 9.17) is 4.74 Å². The third-order valence-electron chi connectivity index (χ3n) is 4.19. The van der Waals surface area contributed by atoms with E-state index in [1.807, 2.05) is 0 Å². The molecular formula is C19H17F6NO10. The Labute approximate surface area is 197 Å². The maximum Gasteiger partial charge on any atom is 0.573 e. The fraction of sp³-hybridized carbons (Fsp3) is 0.474. The second-order valence-corrected chi connectivity index (χ2v) is 6.90. The first kappa shape index (κ1) is 28.3. The average Bonchev–Trinajstić information content (AvgIpc) is 2.73. The quantitative estimate of drug-likeness (QED) is 0.107. The fourth-order valence-corrected chi connectivity index (χ4v) is 2.82. The largest absolute Gasteiger partial charge is 0.573 e. The number of ether oxygens (including phenoxy) is 5. The van der Waals surface area contributed by atoms with Gasteiger partial charge in [0.05, 0.1) is 18.8 Å². The molecule has 0 amide bonds. The van der Waals surface area contributed by atoms with Crippen molar-refractivity contribution in [2.45, 2.75) is 38.4 Å². The standard InChI is InChI=1S/C19H17F6NO10/c1-10-6-12(36-19(23,24)25)7-11-8-13(15(18(20,21)22)35-14(10)11)16(27)32-9-33-17(28)31-4-2-3-5-34-26(29)30/h6-8,15H,2-5,9H2,1H3. The lowest BCUT2D eigenvalue weighted by atomic mass is 9.99. The van der Waals surface area contributed by atoms with Gasteiger partial charge in [-0.05, 0) is 43.5 Å². The van der Waals surface area contributed by atoms with Crippen LogP contribution in [0.1, 0.15) is 24.0 Å². The van der Waals surface area contributed by atoms with Crippen LogP contribution in [0.5, 0.6) is 11.5 Å². The van der Waals surface area contributed by atoms with Crippen molar-refractivity contribution in [2.75, 3.05) is 20.0 Å². The molecule has 200 valence electrons. The summed E-state index contributed by atoms with van der Waals surface area (Å²) in [5, 5.41) is 8.95. The Morgan fingerprint density at radius 3 is 2.33 bits per heavy atom. The Morgan fingerprint density at radius 2 is 1.72 bits per heavy atom. The lowest BCUT2D eigenvalue weighted by Gasteiger charge is -2.29. The Bertz CT molecular complexity index is 1010. The molecule has 1 unspecified atom stereocenters. The van der Waals surface area contributed by atoms with Crippen molar-refractivity contribution >= 4 is 18.2 Å². The summed E-state index contributed by atoms with van der Waals surface area (Å²) in [5.41, 5.74) is -1.56. The molecule has 17 heteroatoms. The predicted molar refractivity (Wildman–Crippen MR) is 102 cm³/mol. The van der Waals surface area contributed by atoms with Crippen LogP contribution < -0.4 is 9.47 Å². The summed E-state index contributed by atoms with van der Waals surface area (Å²) in [6, 6.07) is 1.53.